The van der Waals surface area contributed by atoms with Gasteiger partial charge in [-0.2, -0.15) is 0 Å². The van der Waals surface area contributed by atoms with Gasteiger partial charge in [-0.3, -0.25) is 4.79 Å². The molecule has 5 heteroatoms. The highest BCUT2D eigenvalue weighted by Gasteiger charge is 2.39. The van der Waals surface area contributed by atoms with Crippen LogP contribution in [0, 0.1) is 5.92 Å². The van der Waals surface area contributed by atoms with Crippen LogP contribution in [0.4, 0.5) is 0 Å². The zero-order valence-electron chi connectivity index (χ0n) is 20.0. The third kappa shape index (κ3) is 4.51. The number of amides is 1. The Balaban J connectivity index is 1.50. The Morgan fingerprint density at radius 2 is 1.88 bits per heavy atom. The maximum atomic E-state index is 13.4. The molecule has 3 aliphatic rings. The number of hydrogen-bond acceptors (Lipinski definition) is 4. The van der Waals surface area contributed by atoms with E-state index in [2.05, 4.69) is 42.5 Å². The van der Waals surface area contributed by atoms with Crippen LogP contribution in [-0.2, 0) is 20.7 Å². The molecule has 0 spiro atoms. The standard InChI is InChI=1S/C29H35NO4/c1-2-33-29-25(11-8-16-31)26(19-27(34-29)28(32)30-14-6-3-7-15-30)21-12-13-24-22(18-21)17-20-9-4-5-10-23(20)24/h4-5,9-10,12-13,18-19,25-26,29,31H,2-3,6-8,11,14-17H2,1H3/t25-,26-,29-/m0/s1. The monoisotopic (exact) mass is 461 g/mol. The molecule has 34 heavy (non-hydrogen) atoms. The summed E-state index contributed by atoms with van der Waals surface area (Å²) in [6, 6.07) is 15.3. The van der Waals surface area contributed by atoms with Crippen molar-refractivity contribution in [2.24, 2.45) is 5.92 Å². The quantitative estimate of drug-likeness (QED) is 0.537. The average Bonchev–Trinajstić information content (AvgIpc) is 3.25. The van der Waals surface area contributed by atoms with E-state index in [-0.39, 0.29) is 24.3 Å². The van der Waals surface area contributed by atoms with Crippen molar-refractivity contribution in [1.29, 1.82) is 0 Å². The molecule has 3 atom stereocenters. The minimum absolute atomic E-state index is 0.00500. The first-order valence-corrected chi connectivity index (χ1v) is 12.8. The van der Waals surface area contributed by atoms with Crippen LogP contribution in [0.2, 0.25) is 0 Å². The molecule has 1 aliphatic carbocycles. The summed E-state index contributed by atoms with van der Waals surface area (Å²) in [6.45, 7) is 4.17. The van der Waals surface area contributed by atoms with E-state index >= 15 is 0 Å². The molecule has 0 aromatic heterocycles. The SMILES string of the molecule is CCO[C@H]1OC(C(=O)N2CCCCC2)=C[C@@H](c2ccc3c(c2)Cc2ccccc2-3)[C@@H]1CCCO. The van der Waals surface area contributed by atoms with Crippen LogP contribution in [0.5, 0.6) is 0 Å². The zero-order valence-corrected chi connectivity index (χ0v) is 20.0. The van der Waals surface area contributed by atoms with E-state index in [0.717, 1.165) is 38.8 Å². The molecule has 0 unspecified atom stereocenters. The average molecular weight is 462 g/mol. The number of piperidine rings is 1. The fraction of sp³-hybridized carbons (Fsp3) is 0.483. The van der Waals surface area contributed by atoms with Crippen molar-refractivity contribution in [3.63, 3.8) is 0 Å². The lowest BCUT2D eigenvalue weighted by atomic mass is 9.79. The van der Waals surface area contributed by atoms with E-state index in [1.54, 1.807) is 0 Å². The molecule has 180 valence electrons. The lowest BCUT2D eigenvalue weighted by Gasteiger charge is -2.38. The van der Waals surface area contributed by atoms with Gasteiger partial charge in [0.25, 0.3) is 5.91 Å². The molecule has 0 bridgehead atoms. The Hall–Kier alpha value is -2.63. The lowest BCUT2D eigenvalue weighted by molar-refractivity contribution is -0.170. The van der Waals surface area contributed by atoms with E-state index < -0.39 is 6.29 Å². The molecule has 5 nitrogen and oxygen atoms in total. The Kier molecular flexibility index (Phi) is 7.02. The number of benzene rings is 2. The Labute approximate surface area is 202 Å². The summed E-state index contributed by atoms with van der Waals surface area (Å²) >= 11 is 0. The van der Waals surface area contributed by atoms with Crippen LogP contribution < -0.4 is 0 Å². The zero-order chi connectivity index (χ0) is 23.5. The van der Waals surface area contributed by atoms with Gasteiger partial charge in [0.05, 0.1) is 0 Å². The number of allylic oxidation sites excluding steroid dienone is 1. The Bertz CT molecular complexity index is 1060. The van der Waals surface area contributed by atoms with Crippen LogP contribution in [0.1, 0.15) is 61.6 Å². The van der Waals surface area contributed by atoms with Gasteiger partial charge in [0.2, 0.25) is 6.29 Å². The predicted molar refractivity (Wildman–Crippen MR) is 132 cm³/mol. The molecule has 2 aliphatic heterocycles. The second-order valence-electron chi connectivity index (χ2n) is 9.63. The number of carbonyl (C=O) groups excluding carboxylic acids is 1. The number of likely N-dealkylation sites (tertiary alicyclic amines) is 1. The Morgan fingerprint density at radius 1 is 1.09 bits per heavy atom. The maximum Gasteiger partial charge on any atom is 0.288 e. The van der Waals surface area contributed by atoms with E-state index in [1.165, 1.54) is 34.2 Å². The summed E-state index contributed by atoms with van der Waals surface area (Å²) in [5, 5.41) is 9.55. The van der Waals surface area contributed by atoms with Gasteiger partial charge < -0.3 is 19.5 Å². The number of hydrogen-bond donors (Lipinski definition) is 1. The number of aliphatic hydroxyl groups is 1. The van der Waals surface area contributed by atoms with Crippen molar-refractivity contribution >= 4 is 5.91 Å². The summed E-state index contributed by atoms with van der Waals surface area (Å²) < 4.78 is 12.3. The van der Waals surface area contributed by atoms with Gasteiger partial charge >= 0.3 is 0 Å². The van der Waals surface area contributed by atoms with Crippen LogP contribution in [0.3, 0.4) is 0 Å². The molecule has 2 aromatic rings. The van der Waals surface area contributed by atoms with Crippen molar-refractivity contribution in [3.05, 3.63) is 71.0 Å². The first-order valence-electron chi connectivity index (χ1n) is 12.8. The molecule has 5 rings (SSSR count). The normalized spacial score (nSPS) is 23.6. The second-order valence-corrected chi connectivity index (χ2v) is 9.63. The largest absolute Gasteiger partial charge is 0.459 e. The van der Waals surface area contributed by atoms with Gasteiger partial charge in [0.15, 0.2) is 5.76 Å². The summed E-state index contributed by atoms with van der Waals surface area (Å²) in [4.78, 5) is 15.3. The van der Waals surface area contributed by atoms with Gasteiger partial charge in [-0.25, -0.2) is 0 Å². The minimum Gasteiger partial charge on any atom is -0.459 e. The number of fused-ring (bicyclic) bond motifs is 3. The summed E-state index contributed by atoms with van der Waals surface area (Å²) in [5.74, 6) is 0.416. The van der Waals surface area contributed by atoms with Gasteiger partial charge in [-0.15, -0.1) is 0 Å². The molecule has 1 saturated heterocycles. The van der Waals surface area contributed by atoms with Gasteiger partial charge in [-0.1, -0.05) is 42.5 Å². The summed E-state index contributed by atoms with van der Waals surface area (Å²) in [6.07, 6.45) is 7.16. The van der Waals surface area contributed by atoms with Crippen molar-refractivity contribution in [2.75, 3.05) is 26.3 Å². The first kappa shape index (κ1) is 23.1. The topological polar surface area (TPSA) is 59.0 Å². The predicted octanol–water partition coefficient (Wildman–Crippen LogP) is 5.02. The molecule has 0 radical (unpaired) electrons. The molecule has 1 amide bonds. The highest BCUT2D eigenvalue weighted by molar-refractivity contribution is 5.92. The van der Waals surface area contributed by atoms with Gasteiger partial charge in [0, 0.05) is 38.1 Å². The van der Waals surface area contributed by atoms with Crippen LogP contribution in [0.15, 0.2) is 54.3 Å². The van der Waals surface area contributed by atoms with Crippen LogP contribution in [0.25, 0.3) is 11.1 Å². The molecule has 0 saturated carbocycles. The third-order valence-electron chi connectivity index (χ3n) is 7.47. The number of carbonyl (C=O) groups is 1. The number of rotatable bonds is 7. The Morgan fingerprint density at radius 3 is 2.68 bits per heavy atom. The van der Waals surface area contributed by atoms with Crippen molar-refractivity contribution in [3.8, 4) is 11.1 Å². The summed E-state index contributed by atoms with van der Waals surface area (Å²) in [7, 11) is 0. The fourth-order valence-electron chi connectivity index (χ4n) is 5.76. The number of nitrogens with zero attached hydrogens (tertiary/aromatic N) is 1. The van der Waals surface area contributed by atoms with Crippen LogP contribution >= 0.6 is 0 Å². The molecular formula is C29H35NO4. The molecule has 2 aromatic carbocycles. The maximum absolute atomic E-state index is 13.4. The van der Waals surface area contributed by atoms with E-state index in [9.17, 15) is 9.90 Å². The minimum atomic E-state index is -0.499. The van der Waals surface area contributed by atoms with Gasteiger partial charge in [-0.05, 0) is 79.3 Å². The highest BCUT2D eigenvalue weighted by Crippen LogP contribution is 2.43. The molecular weight excluding hydrogens is 426 g/mol. The second kappa shape index (κ2) is 10.3. The smallest absolute Gasteiger partial charge is 0.288 e. The molecule has 1 fully saturated rings. The lowest BCUT2D eigenvalue weighted by Crippen LogP contribution is -2.42. The highest BCUT2D eigenvalue weighted by atomic mass is 16.7. The van der Waals surface area contributed by atoms with Crippen molar-refractivity contribution < 1.29 is 19.4 Å². The van der Waals surface area contributed by atoms with Crippen molar-refractivity contribution in [1.82, 2.24) is 4.90 Å². The third-order valence-corrected chi connectivity index (χ3v) is 7.47. The van der Waals surface area contributed by atoms with E-state index in [0.29, 0.717) is 18.8 Å². The van der Waals surface area contributed by atoms with E-state index in [1.807, 2.05) is 17.9 Å². The van der Waals surface area contributed by atoms with Crippen molar-refractivity contribution in [2.45, 2.75) is 57.7 Å². The number of ether oxygens (including phenoxy) is 2. The van der Waals surface area contributed by atoms with E-state index in [4.69, 9.17) is 9.47 Å². The van der Waals surface area contributed by atoms with Crippen LogP contribution in [-0.4, -0.2) is 48.5 Å². The fourth-order valence-corrected chi connectivity index (χ4v) is 5.76. The molecule has 2 heterocycles. The first-order chi connectivity index (χ1) is 16.7. The summed E-state index contributed by atoms with van der Waals surface area (Å²) in [5.41, 5.74) is 6.50. The molecule has 1 N–H and O–H groups in total. The van der Waals surface area contributed by atoms with Gasteiger partial charge in [0.1, 0.15) is 0 Å². The number of aliphatic hydroxyl groups excluding tert-OH is 1.